The summed E-state index contributed by atoms with van der Waals surface area (Å²) in [5.74, 6) is -4.93. The summed E-state index contributed by atoms with van der Waals surface area (Å²) in [5, 5.41) is 16.6. The van der Waals surface area contributed by atoms with Crippen LogP contribution >= 0.6 is 0 Å². The molecule has 2 aliphatic rings. The number of aliphatic hydroxyl groups excluding tert-OH is 1. The van der Waals surface area contributed by atoms with Crippen molar-refractivity contribution in [3.63, 3.8) is 0 Å². The van der Waals surface area contributed by atoms with Crippen molar-refractivity contribution in [3.8, 4) is 0 Å². The van der Waals surface area contributed by atoms with Crippen molar-refractivity contribution >= 4 is 27.4 Å². The fraction of sp³-hybridized carbons (Fsp3) is 0.444. The second-order valence-electron chi connectivity index (χ2n) is 7.70. The van der Waals surface area contributed by atoms with Gasteiger partial charge < -0.3 is 15.3 Å². The standard InChI is InChI=1S/C18H20F3N5O4S/c1-9-6-25-15(14(5-22-25)26-10(2)16(27)8-31(26,29)30)7-24(9)18(28)23-11-3-12(19)17(21)13(20)4-11/h3-5,9-10,16,27H,6-8H2,1-2H3,(H,23,28)/t9-,10?,16?/m0/s1. The van der Waals surface area contributed by atoms with Crippen LogP contribution < -0.4 is 9.62 Å². The summed E-state index contributed by atoms with van der Waals surface area (Å²) in [6, 6.07) is -0.450. The molecule has 9 nitrogen and oxygen atoms in total. The Morgan fingerprint density at radius 1 is 1.23 bits per heavy atom. The molecule has 0 radical (unpaired) electrons. The lowest BCUT2D eigenvalue weighted by molar-refractivity contribution is 0.161. The van der Waals surface area contributed by atoms with Crippen molar-refractivity contribution in [1.82, 2.24) is 14.7 Å². The number of carbonyl (C=O) groups excluding carboxylic acids is 1. The lowest BCUT2D eigenvalue weighted by atomic mass is 10.1. The van der Waals surface area contributed by atoms with E-state index in [0.717, 1.165) is 4.31 Å². The van der Waals surface area contributed by atoms with E-state index in [0.29, 0.717) is 17.8 Å². The third-order valence-electron chi connectivity index (χ3n) is 5.56. The fourth-order valence-electron chi connectivity index (χ4n) is 3.88. The van der Waals surface area contributed by atoms with Gasteiger partial charge >= 0.3 is 6.03 Å². The predicted molar refractivity (Wildman–Crippen MR) is 104 cm³/mol. The van der Waals surface area contributed by atoms with Gasteiger partial charge in [0.05, 0.1) is 54.6 Å². The second kappa shape index (κ2) is 7.41. The lowest BCUT2D eigenvalue weighted by Gasteiger charge is -2.35. The number of hydrogen-bond acceptors (Lipinski definition) is 5. The SMILES string of the molecule is CC1C(O)CS(=O)(=O)N1c1cnn2c1CN(C(=O)Nc1cc(F)c(F)c(F)c1)[C@@H](C)C2. The van der Waals surface area contributed by atoms with Crippen molar-refractivity contribution in [1.29, 1.82) is 0 Å². The maximum Gasteiger partial charge on any atom is 0.322 e. The Labute approximate surface area is 176 Å². The average Bonchev–Trinajstić information content (AvgIpc) is 3.15. The Morgan fingerprint density at radius 3 is 2.45 bits per heavy atom. The summed E-state index contributed by atoms with van der Waals surface area (Å²) in [5.41, 5.74) is 0.439. The van der Waals surface area contributed by atoms with E-state index in [2.05, 4.69) is 10.4 Å². The Balaban J connectivity index is 1.61. The van der Waals surface area contributed by atoms with Crippen LogP contribution in [0.25, 0.3) is 0 Å². The number of anilines is 2. The molecule has 2 aromatic rings. The Bertz CT molecular complexity index is 1130. The molecular formula is C18H20F3N5O4S. The smallest absolute Gasteiger partial charge is 0.322 e. The quantitative estimate of drug-likeness (QED) is 0.664. The number of nitrogens with one attached hydrogen (secondary N) is 1. The maximum absolute atomic E-state index is 13.5. The minimum atomic E-state index is -3.76. The molecule has 0 bridgehead atoms. The van der Waals surface area contributed by atoms with Crippen LogP contribution in [0, 0.1) is 17.5 Å². The van der Waals surface area contributed by atoms with E-state index in [4.69, 9.17) is 0 Å². The Hall–Kier alpha value is -2.80. The van der Waals surface area contributed by atoms with Gasteiger partial charge in [0, 0.05) is 17.8 Å². The van der Waals surface area contributed by atoms with Gasteiger partial charge in [0.1, 0.15) is 0 Å². The molecule has 0 spiro atoms. The van der Waals surface area contributed by atoms with Crippen LogP contribution in [0.2, 0.25) is 0 Å². The molecule has 0 aliphatic carbocycles. The number of aliphatic hydroxyl groups is 1. The molecule has 3 heterocycles. The van der Waals surface area contributed by atoms with E-state index in [1.54, 1.807) is 18.5 Å². The highest BCUT2D eigenvalue weighted by atomic mass is 32.2. The normalized spacial score (nSPS) is 24.9. The molecule has 3 atom stereocenters. The first-order valence-electron chi connectivity index (χ1n) is 9.46. The van der Waals surface area contributed by atoms with Crippen LogP contribution in [0.15, 0.2) is 18.3 Å². The molecule has 1 saturated heterocycles. The van der Waals surface area contributed by atoms with E-state index in [-0.39, 0.29) is 30.5 Å². The molecule has 2 unspecified atom stereocenters. The number of nitrogens with zero attached hydrogens (tertiary/aromatic N) is 4. The summed E-state index contributed by atoms with van der Waals surface area (Å²) in [6.45, 7) is 3.52. The Morgan fingerprint density at radius 2 is 1.87 bits per heavy atom. The van der Waals surface area contributed by atoms with Crippen molar-refractivity contribution in [3.05, 3.63) is 41.5 Å². The van der Waals surface area contributed by atoms with Gasteiger partial charge in [-0.25, -0.2) is 26.4 Å². The van der Waals surface area contributed by atoms with Crippen LogP contribution in [-0.2, 0) is 23.1 Å². The average molecular weight is 459 g/mol. The highest BCUT2D eigenvalue weighted by Gasteiger charge is 2.44. The van der Waals surface area contributed by atoms with Crippen molar-refractivity contribution < 1.29 is 31.5 Å². The summed E-state index contributed by atoms with van der Waals surface area (Å²) >= 11 is 0. The number of aromatic nitrogens is 2. The fourth-order valence-corrected chi connectivity index (χ4v) is 5.85. The second-order valence-corrected chi connectivity index (χ2v) is 9.59. The molecule has 1 aromatic carbocycles. The highest BCUT2D eigenvalue weighted by molar-refractivity contribution is 7.93. The minimum absolute atomic E-state index is 0.0384. The molecule has 1 fully saturated rings. The number of halogens is 3. The summed E-state index contributed by atoms with van der Waals surface area (Å²) in [7, 11) is -3.76. The van der Waals surface area contributed by atoms with Gasteiger partial charge in [0.25, 0.3) is 0 Å². The first-order valence-corrected chi connectivity index (χ1v) is 11.1. The van der Waals surface area contributed by atoms with Crippen molar-refractivity contribution in [2.24, 2.45) is 0 Å². The van der Waals surface area contributed by atoms with Crippen molar-refractivity contribution in [2.75, 3.05) is 15.4 Å². The molecular weight excluding hydrogens is 439 g/mol. The number of sulfonamides is 1. The monoisotopic (exact) mass is 459 g/mol. The topological polar surface area (TPSA) is 108 Å². The number of fused-ring (bicyclic) bond motifs is 1. The molecule has 2 N–H and O–H groups in total. The minimum Gasteiger partial charge on any atom is -0.390 e. The van der Waals surface area contributed by atoms with Crippen LogP contribution in [0.5, 0.6) is 0 Å². The molecule has 0 saturated carbocycles. The molecule has 168 valence electrons. The van der Waals surface area contributed by atoms with E-state index in [1.807, 2.05) is 0 Å². The van der Waals surface area contributed by atoms with Gasteiger partial charge in [-0.2, -0.15) is 5.10 Å². The number of benzene rings is 1. The van der Waals surface area contributed by atoms with Gasteiger partial charge in [-0.3, -0.25) is 8.99 Å². The first kappa shape index (κ1) is 21.4. The van der Waals surface area contributed by atoms with Gasteiger partial charge in [0.2, 0.25) is 10.0 Å². The third kappa shape index (κ3) is 3.61. The molecule has 2 amide bonds. The number of hydrogen-bond donors (Lipinski definition) is 2. The first-order chi connectivity index (χ1) is 14.5. The number of carbonyl (C=O) groups is 1. The zero-order valence-electron chi connectivity index (χ0n) is 16.6. The zero-order valence-corrected chi connectivity index (χ0v) is 17.4. The number of amides is 2. The highest BCUT2D eigenvalue weighted by Crippen LogP contribution is 2.34. The molecule has 1 aromatic heterocycles. The summed E-state index contributed by atoms with van der Waals surface area (Å²) in [4.78, 5) is 14.1. The maximum atomic E-state index is 13.5. The summed E-state index contributed by atoms with van der Waals surface area (Å²) < 4.78 is 67.8. The van der Waals surface area contributed by atoms with Gasteiger partial charge in [-0.05, 0) is 13.8 Å². The summed E-state index contributed by atoms with van der Waals surface area (Å²) in [6.07, 6.45) is 0.311. The molecule has 2 aliphatic heterocycles. The van der Waals surface area contributed by atoms with Crippen LogP contribution in [0.3, 0.4) is 0 Å². The van der Waals surface area contributed by atoms with E-state index >= 15 is 0 Å². The molecule has 13 heteroatoms. The van der Waals surface area contributed by atoms with Crippen LogP contribution in [0.4, 0.5) is 29.3 Å². The van der Waals surface area contributed by atoms with Gasteiger partial charge in [-0.15, -0.1) is 0 Å². The van der Waals surface area contributed by atoms with Crippen LogP contribution in [0.1, 0.15) is 19.5 Å². The van der Waals surface area contributed by atoms with Crippen LogP contribution in [-0.4, -0.2) is 58.2 Å². The van der Waals surface area contributed by atoms with E-state index in [1.165, 1.54) is 11.1 Å². The van der Waals surface area contributed by atoms with E-state index in [9.17, 15) is 31.5 Å². The zero-order chi connectivity index (χ0) is 22.7. The number of urea groups is 1. The molecule has 31 heavy (non-hydrogen) atoms. The van der Waals surface area contributed by atoms with Gasteiger partial charge in [0.15, 0.2) is 17.5 Å². The van der Waals surface area contributed by atoms with E-state index < -0.39 is 51.4 Å². The third-order valence-corrected chi connectivity index (χ3v) is 7.45. The molecule has 4 rings (SSSR count). The largest absolute Gasteiger partial charge is 0.390 e. The Kier molecular flexibility index (Phi) is 5.12. The van der Waals surface area contributed by atoms with Crippen molar-refractivity contribution in [2.45, 2.75) is 45.1 Å². The predicted octanol–water partition coefficient (Wildman–Crippen LogP) is 1.64. The van der Waals surface area contributed by atoms with Gasteiger partial charge in [-0.1, -0.05) is 0 Å². The number of rotatable bonds is 2. The lowest BCUT2D eigenvalue weighted by Crippen LogP contribution is -2.47.